The molecular weight excluding hydrogens is 241 g/mol. The fourth-order valence-corrected chi connectivity index (χ4v) is 2.02. The van der Waals surface area contributed by atoms with E-state index >= 15 is 0 Å². The molecule has 1 heterocycles. The smallest absolute Gasteiger partial charge is 0.128 e. The number of aryl methyl sites for hydroxylation is 1. The Bertz CT molecular complexity index is 534. The largest absolute Gasteiger partial charge is 0.331 e. The van der Waals surface area contributed by atoms with Crippen LogP contribution >= 0.6 is 0 Å². The second-order valence-corrected chi connectivity index (χ2v) is 4.70. The molecule has 1 aromatic carbocycles. The van der Waals surface area contributed by atoms with Gasteiger partial charge in [0.1, 0.15) is 11.6 Å². The molecule has 0 radical (unpaired) electrons. The van der Waals surface area contributed by atoms with Crippen LogP contribution in [0, 0.1) is 12.7 Å². The molecule has 3 nitrogen and oxygen atoms in total. The number of rotatable bonds is 6. The molecule has 1 aromatic heterocycles. The van der Waals surface area contributed by atoms with Crippen molar-refractivity contribution in [1.82, 2.24) is 14.9 Å². The van der Waals surface area contributed by atoms with Crippen LogP contribution in [0.5, 0.6) is 0 Å². The Morgan fingerprint density at radius 3 is 2.89 bits per heavy atom. The van der Waals surface area contributed by atoms with Crippen molar-refractivity contribution in [1.29, 1.82) is 0 Å². The lowest BCUT2D eigenvalue weighted by Crippen LogP contribution is -2.14. The second-order valence-electron chi connectivity index (χ2n) is 4.70. The Labute approximate surface area is 113 Å². The van der Waals surface area contributed by atoms with Crippen LogP contribution in [-0.2, 0) is 13.1 Å². The summed E-state index contributed by atoms with van der Waals surface area (Å²) in [6, 6.07) is 5.31. The van der Waals surface area contributed by atoms with Crippen molar-refractivity contribution in [2.75, 3.05) is 6.54 Å². The fourth-order valence-electron chi connectivity index (χ4n) is 2.02. The summed E-state index contributed by atoms with van der Waals surface area (Å²) in [6.07, 6.45) is 4.71. The summed E-state index contributed by atoms with van der Waals surface area (Å²) in [7, 11) is 0. The van der Waals surface area contributed by atoms with E-state index in [9.17, 15) is 4.39 Å². The van der Waals surface area contributed by atoms with Gasteiger partial charge in [-0.05, 0) is 37.6 Å². The van der Waals surface area contributed by atoms with Crippen LogP contribution in [0.4, 0.5) is 4.39 Å². The molecule has 0 amide bonds. The van der Waals surface area contributed by atoms with Gasteiger partial charge >= 0.3 is 0 Å². The fraction of sp³-hybridized carbons (Fsp3) is 0.400. The topological polar surface area (TPSA) is 29.9 Å². The molecule has 0 atom stereocenters. The summed E-state index contributed by atoms with van der Waals surface area (Å²) in [4.78, 5) is 4.15. The van der Waals surface area contributed by atoms with Crippen molar-refractivity contribution in [2.45, 2.75) is 33.4 Å². The minimum Gasteiger partial charge on any atom is -0.331 e. The van der Waals surface area contributed by atoms with E-state index in [1.807, 2.05) is 29.8 Å². The van der Waals surface area contributed by atoms with Crippen molar-refractivity contribution in [3.8, 4) is 0 Å². The Morgan fingerprint density at radius 2 is 2.21 bits per heavy atom. The quantitative estimate of drug-likeness (QED) is 0.810. The van der Waals surface area contributed by atoms with E-state index in [-0.39, 0.29) is 5.82 Å². The summed E-state index contributed by atoms with van der Waals surface area (Å²) in [6.45, 7) is 6.34. The number of nitrogens with zero attached hydrogens (tertiary/aromatic N) is 2. The average molecular weight is 261 g/mol. The first-order valence-corrected chi connectivity index (χ1v) is 6.66. The first kappa shape index (κ1) is 13.7. The van der Waals surface area contributed by atoms with E-state index < -0.39 is 0 Å². The highest BCUT2D eigenvalue weighted by molar-refractivity contribution is 5.25. The molecule has 102 valence electrons. The van der Waals surface area contributed by atoms with Gasteiger partial charge in [-0.2, -0.15) is 0 Å². The third kappa shape index (κ3) is 3.64. The van der Waals surface area contributed by atoms with E-state index in [1.54, 1.807) is 12.3 Å². The lowest BCUT2D eigenvalue weighted by atomic mass is 10.1. The summed E-state index contributed by atoms with van der Waals surface area (Å²) in [5, 5.41) is 3.33. The van der Waals surface area contributed by atoms with Gasteiger partial charge in [-0.1, -0.05) is 13.0 Å². The molecule has 1 N–H and O–H groups in total. The van der Waals surface area contributed by atoms with E-state index in [2.05, 4.69) is 17.2 Å². The Morgan fingerprint density at radius 1 is 1.37 bits per heavy atom. The molecule has 0 bridgehead atoms. The highest BCUT2D eigenvalue weighted by atomic mass is 19.1. The molecule has 19 heavy (non-hydrogen) atoms. The van der Waals surface area contributed by atoms with E-state index in [1.165, 1.54) is 0 Å². The zero-order valence-electron chi connectivity index (χ0n) is 11.5. The van der Waals surface area contributed by atoms with Gasteiger partial charge in [0.2, 0.25) is 0 Å². The lowest BCUT2D eigenvalue weighted by Gasteiger charge is -2.09. The minimum atomic E-state index is -0.160. The van der Waals surface area contributed by atoms with Crippen LogP contribution in [-0.4, -0.2) is 16.1 Å². The molecule has 0 fully saturated rings. The molecule has 4 heteroatoms. The minimum absolute atomic E-state index is 0.160. The van der Waals surface area contributed by atoms with Gasteiger partial charge in [0, 0.05) is 24.5 Å². The van der Waals surface area contributed by atoms with Gasteiger partial charge in [-0.15, -0.1) is 0 Å². The molecule has 0 aliphatic heterocycles. The summed E-state index contributed by atoms with van der Waals surface area (Å²) >= 11 is 0. The molecule has 0 saturated carbocycles. The van der Waals surface area contributed by atoms with Crippen LogP contribution in [0.25, 0.3) is 0 Å². The molecule has 0 spiro atoms. The zero-order chi connectivity index (χ0) is 13.7. The van der Waals surface area contributed by atoms with Crippen LogP contribution in [0.2, 0.25) is 0 Å². The molecule has 0 aliphatic carbocycles. The highest BCUT2D eigenvalue weighted by Gasteiger charge is 2.06. The SMILES string of the molecule is CCCNCc1ccc(F)c(Cn2ccnc2C)c1. The standard InChI is InChI=1S/C15H20FN3/c1-3-6-17-10-13-4-5-15(16)14(9-13)11-19-8-7-18-12(19)2/h4-5,7-9,17H,3,6,10-11H2,1-2H3. The van der Waals surface area contributed by atoms with Gasteiger partial charge in [0.05, 0.1) is 6.54 Å². The molecule has 2 aromatic rings. The second kappa shape index (κ2) is 6.48. The van der Waals surface area contributed by atoms with Gasteiger partial charge in [-0.25, -0.2) is 9.37 Å². The third-order valence-electron chi connectivity index (χ3n) is 3.13. The van der Waals surface area contributed by atoms with Crippen molar-refractivity contribution in [3.05, 3.63) is 53.4 Å². The molecular formula is C15H20FN3. The summed E-state index contributed by atoms with van der Waals surface area (Å²) in [5.74, 6) is 0.737. The molecule has 0 aliphatic rings. The van der Waals surface area contributed by atoms with Gasteiger partial charge in [-0.3, -0.25) is 0 Å². The van der Waals surface area contributed by atoms with Crippen LogP contribution in [0.15, 0.2) is 30.6 Å². The van der Waals surface area contributed by atoms with Gasteiger partial charge in [0.25, 0.3) is 0 Å². The first-order valence-electron chi connectivity index (χ1n) is 6.66. The van der Waals surface area contributed by atoms with Gasteiger partial charge < -0.3 is 9.88 Å². The number of benzene rings is 1. The average Bonchev–Trinajstić information content (AvgIpc) is 2.79. The van der Waals surface area contributed by atoms with Crippen molar-refractivity contribution in [2.24, 2.45) is 0 Å². The normalized spacial score (nSPS) is 10.9. The molecule has 2 rings (SSSR count). The predicted molar refractivity (Wildman–Crippen MR) is 74.5 cm³/mol. The predicted octanol–water partition coefficient (Wildman–Crippen LogP) is 2.88. The van der Waals surface area contributed by atoms with E-state index in [0.29, 0.717) is 12.1 Å². The Balaban J connectivity index is 2.11. The number of aromatic nitrogens is 2. The number of imidazole rings is 1. The van der Waals surface area contributed by atoms with Crippen molar-refractivity contribution < 1.29 is 4.39 Å². The highest BCUT2D eigenvalue weighted by Crippen LogP contribution is 2.13. The number of hydrogen-bond donors (Lipinski definition) is 1. The van der Waals surface area contributed by atoms with Crippen LogP contribution in [0.1, 0.15) is 30.3 Å². The number of halogens is 1. The van der Waals surface area contributed by atoms with Crippen LogP contribution < -0.4 is 5.32 Å². The molecule has 0 saturated heterocycles. The first-order chi connectivity index (χ1) is 9.20. The Kier molecular flexibility index (Phi) is 4.68. The van der Waals surface area contributed by atoms with E-state index in [0.717, 1.165) is 30.9 Å². The number of hydrogen-bond acceptors (Lipinski definition) is 2. The van der Waals surface area contributed by atoms with Crippen LogP contribution in [0.3, 0.4) is 0 Å². The maximum absolute atomic E-state index is 13.8. The molecule has 0 unspecified atom stereocenters. The summed E-state index contributed by atoms with van der Waals surface area (Å²) < 4.78 is 15.8. The zero-order valence-corrected chi connectivity index (χ0v) is 11.5. The van der Waals surface area contributed by atoms with Gasteiger partial charge in [0.15, 0.2) is 0 Å². The third-order valence-corrected chi connectivity index (χ3v) is 3.13. The van der Waals surface area contributed by atoms with E-state index in [4.69, 9.17) is 0 Å². The lowest BCUT2D eigenvalue weighted by molar-refractivity contribution is 0.593. The maximum Gasteiger partial charge on any atom is 0.128 e. The van der Waals surface area contributed by atoms with Crippen molar-refractivity contribution >= 4 is 0 Å². The Hall–Kier alpha value is -1.68. The van der Waals surface area contributed by atoms with Crippen molar-refractivity contribution in [3.63, 3.8) is 0 Å². The maximum atomic E-state index is 13.8. The monoisotopic (exact) mass is 261 g/mol. The number of nitrogens with one attached hydrogen (secondary N) is 1. The summed E-state index contributed by atoms with van der Waals surface area (Å²) in [5.41, 5.74) is 1.82.